The fraction of sp³-hybridized carbons (Fsp3) is 0.208. The maximum atomic E-state index is 6.77. The van der Waals surface area contributed by atoms with Crippen LogP contribution in [0.3, 0.4) is 0 Å². The van der Waals surface area contributed by atoms with Crippen LogP contribution in [0.25, 0.3) is 22.1 Å². The van der Waals surface area contributed by atoms with Crippen molar-refractivity contribution in [2.24, 2.45) is 0 Å². The molecule has 1 aliphatic rings. The number of rotatable bonds is 6. The fourth-order valence-corrected chi connectivity index (χ4v) is 4.03. The molecule has 0 unspecified atom stereocenters. The summed E-state index contributed by atoms with van der Waals surface area (Å²) >= 11 is 6.77. The van der Waals surface area contributed by atoms with Crippen molar-refractivity contribution in [3.05, 3.63) is 65.2 Å². The molecular formula is C24H21ClN2O5. The number of benzene rings is 3. The molecule has 1 N–H and O–H groups in total. The quantitative estimate of drug-likeness (QED) is 0.362. The van der Waals surface area contributed by atoms with Gasteiger partial charge in [-0.05, 0) is 35.9 Å². The number of hydrogen-bond donors (Lipinski definition) is 1. The van der Waals surface area contributed by atoms with Gasteiger partial charge in [-0.15, -0.1) is 0 Å². The Morgan fingerprint density at radius 2 is 1.78 bits per heavy atom. The van der Waals surface area contributed by atoms with Crippen molar-refractivity contribution in [1.82, 2.24) is 5.16 Å². The average molecular weight is 453 g/mol. The minimum Gasteiger partial charge on any atom is -0.486 e. The Morgan fingerprint density at radius 1 is 0.969 bits per heavy atom. The molecule has 1 aromatic heterocycles. The number of fused-ring (bicyclic) bond motifs is 2. The number of nitrogens with one attached hydrogen (secondary N) is 1. The van der Waals surface area contributed by atoms with Gasteiger partial charge < -0.3 is 28.8 Å². The van der Waals surface area contributed by atoms with Gasteiger partial charge in [0.2, 0.25) is 0 Å². The van der Waals surface area contributed by atoms with E-state index < -0.39 is 6.29 Å². The van der Waals surface area contributed by atoms with Crippen LogP contribution in [0, 0.1) is 0 Å². The van der Waals surface area contributed by atoms with E-state index >= 15 is 0 Å². The number of aromatic nitrogens is 1. The summed E-state index contributed by atoms with van der Waals surface area (Å²) in [5, 5.41) is 8.86. The topological polar surface area (TPSA) is 75.0 Å². The Labute approximate surface area is 189 Å². The number of anilines is 2. The summed E-state index contributed by atoms with van der Waals surface area (Å²) in [5.41, 5.74) is 3.96. The van der Waals surface area contributed by atoms with Crippen LogP contribution < -0.4 is 14.8 Å². The zero-order valence-electron chi connectivity index (χ0n) is 17.6. The minimum absolute atomic E-state index is 0.474. The smallest absolute Gasteiger partial charge is 0.183 e. The largest absolute Gasteiger partial charge is 0.486 e. The Bertz CT molecular complexity index is 1270. The molecular weight excluding hydrogens is 432 g/mol. The summed E-state index contributed by atoms with van der Waals surface area (Å²) in [6, 6.07) is 17.3. The van der Waals surface area contributed by atoms with Crippen LogP contribution in [0.5, 0.6) is 11.5 Å². The molecule has 0 saturated carbocycles. The highest BCUT2D eigenvalue weighted by Crippen LogP contribution is 2.40. The lowest BCUT2D eigenvalue weighted by molar-refractivity contribution is -0.105. The maximum absolute atomic E-state index is 6.77. The molecule has 0 saturated heterocycles. The van der Waals surface area contributed by atoms with Crippen molar-refractivity contribution in [2.45, 2.75) is 6.29 Å². The van der Waals surface area contributed by atoms with E-state index in [0.29, 0.717) is 41.1 Å². The number of hydrogen-bond acceptors (Lipinski definition) is 7. The van der Waals surface area contributed by atoms with Crippen molar-refractivity contribution >= 4 is 34.1 Å². The van der Waals surface area contributed by atoms with E-state index in [0.717, 1.165) is 27.8 Å². The molecule has 0 radical (unpaired) electrons. The van der Waals surface area contributed by atoms with Gasteiger partial charge in [0.1, 0.15) is 13.2 Å². The molecule has 7 nitrogen and oxygen atoms in total. The van der Waals surface area contributed by atoms with Crippen molar-refractivity contribution in [2.75, 3.05) is 32.8 Å². The molecule has 0 amide bonds. The lowest BCUT2D eigenvalue weighted by atomic mass is 10.0. The standard InChI is InChI=1S/C24H21ClN2O5/c1-28-24(29-2)15-6-8-17-20(13-15)32-27-23(17)26-18-5-3-4-16(22(18)25)14-7-9-19-21(12-14)31-11-10-30-19/h3-9,12-13,24H,10-11H2,1-2H3,(H,26,27). The van der Waals surface area contributed by atoms with Crippen LogP contribution in [0.2, 0.25) is 5.02 Å². The van der Waals surface area contributed by atoms with E-state index in [4.69, 9.17) is 35.1 Å². The molecule has 32 heavy (non-hydrogen) atoms. The van der Waals surface area contributed by atoms with E-state index in [2.05, 4.69) is 10.5 Å². The number of nitrogens with zero attached hydrogens (tertiary/aromatic N) is 1. The second-order valence-corrected chi connectivity index (χ2v) is 7.62. The highest BCUT2D eigenvalue weighted by Gasteiger charge is 2.17. The summed E-state index contributed by atoms with van der Waals surface area (Å²) in [7, 11) is 3.17. The summed E-state index contributed by atoms with van der Waals surface area (Å²) in [5.74, 6) is 2.02. The molecule has 0 bridgehead atoms. The first-order valence-electron chi connectivity index (χ1n) is 10.1. The normalized spacial score (nSPS) is 13.0. The molecule has 1 aliphatic heterocycles. The molecule has 4 aromatic rings. The van der Waals surface area contributed by atoms with Crippen molar-refractivity contribution < 1.29 is 23.5 Å². The van der Waals surface area contributed by atoms with Gasteiger partial charge >= 0.3 is 0 Å². The Hall–Kier alpha value is -3.26. The SMILES string of the molecule is COC(OC)c1ccc2c(Nc3cccc(-c4ccc5c(c4)OCCO5)c3Cl)noc2c1. The zero-order valence-corrected chi connectivity index (χ0v) is 18.3. The van der Waals surface area contributed by atoms with Gasteiger partial charge in [-0.1, -0.05) is 41.0 Å². The van der Waals surface area contributed by atoms with Crippen molar-refractivity contribution in [3.8, 4) is 22.6 Å². The molecule has 0 fully saturated rings. The first kappa shape index (κ1) is 20.6. The minimum atomic E-state index is -0.474. The predicted octanol–water partition coefficient (Wildman–Crippen LogP) is 5.95. The molecule has 3 aromatic carbocycles. The van der Waals surface area contributed by atoms with Gasteiger partial charge in [0.15, 0.2) is 29.2 Å². The van der Waals surface area contributed by atoms with Crippen LogP contribution in [-0.4, -0.2) is 32.6 Å². The van der Waals surface area contributed by atoms with Crippen LogP contribution in [-0.2, 0) is 9.47 Å². The number of methoxy groups -OCH3 is 2. The second kappa shape index (κ2) is 8.70. The van der Waals surface area contributed by atoms with E-state index in [9.17, 15) is 0 Å². The van der Waals surface area contributed by atoms with Crippen LogP contribution in [0.4, 0.5) is 11.5 Å². The number of halogens is 1. The van der Waals surface area contributed by atoms with Gasteiger partial charge in [-0.25, -0.2) is 0 Å². The zero-order chi connectivity index (χ0) is 22.1. The van der Waals surface area contributed by atoms with Crippen LogP contribution in [0.15, 0.2) is 59.1 Å². The first-order valence-corrected chi connectivity index (χ1v) is 10.5. The monoisotopic (exact) mass is 452 g/mol. The molecule has 0 atom stereocenters. The van der Waals surface area contributed by atoms with Crippen molar-refractivity contribution in [1.29, 1.82) is 0 Å². The second-order valence-electron chi connectivity index (χ2n) is 7.24. The van der Waals surface area contributed by atoms with Crippen LogP contribution in [0.1, 0.15) is 11.9 Å². The van der Waals surface area contributed by atoms with Crippen molar-refractivity contribution in [3.63, 3.8) is 0 Å². The third-order valence-electron chi connectivity index (χ3n) is 5.30. The number of ether oxygens (including phenoxy) is 4. The van der Waals surface area contributed by atoms with E-state index in [1.165, 1.54) is 0 Å². The Balaban J connectivity index is 1.46. The van der Waals surface area contributed by atoms with E-state index in [-0.39, 0.29) is 0 Å². The summed E-state index contributed by atoms with van der Waals surface area (Å²) < 4.78 is 27.5. The third kappa shape index (κ3) is 3.75. The van der Waals surface area contributed by atoms with Gasteiger partial charge in [0.05, 0.1) is 16.1 Å². The van der Waals surface area contributed by atoms with Gasteiger partial charge in [-0.3, -0.25) is 0 Å². The maximum Gasteiger partial charge on any atom is 0.183 e. The predicted molar refractivity (Wildman–Crippen MR) is 122 cm³/mol. The Kier molecular flexibility index (Phi) is 5.61. The van der Waals surface area contributed by atoms with Gasteiger partial charge in [-0.2, -0.15) is 0 Å². The summed E-state index contributed by atoms with van der Waals surface area (Å²) in [6.07, 6.45) is -0.474. The lowest BCUT2D eigenvalue weighted by Crippen LogP contribution is -2.15. The fourth-order valence-electron chi connectivity index (χ4n) is 3.75. The molecule has 0 aliphatic carbocycles. The average Bonchev–Trinajstić information content (AvgIpc) is 3.23. The van der Waals surface area contributed by atoms with Gasteiger partial charge in [0, 0.05) is 25.3 Å². The molecule has 164 valence electrons. The summed E-state index contributed by atoms with van der Waals surface area (Å²) in [4.78, 5) is 0. The summed E-state index contributed by atoms with van der Waals surface area (Å²) in [6.45, 7) is 1.08. The lowest BCUT2D eigenvalue weighted by Gasteiger charge is -2.19. The van der Waals surface area contributed by atoms with E-state index in [1.54, 1.807) is 14.2 Å². The first-order chi connectivity index (χ1) is 15.7. The molecule has 5 rings (SSSR count). The highest BCUT2D eigenvalue weighted by atomic mass is 35.5. The highest BCUT2D eigenvalue weighted by molar-refractivity contribution is 6.36. The molecule has 2 heterocycles. The molecule has 0 spiro atoms. The third-order valence-corrected chi connectivity index (χ3v) is 5.71. The van der Waals surface area contributed by atoms with Crippen LogP contribution >= 0.6 is 11.6 Å². The molecule has 8 heteroatoms. The Morgan fingerprint density at radius 3 is 2.59 bits per heavy atom. The van der Waals surface area contributed by atoms with E-state index in [1.807, 2.05) is 54.6 Å². The van der Waals surface area contributed by atoms with Gasteiger partial charge in [0.25, 0.3) is 0 Å².